The van der Waals surface area contributed by atoms with Crippen molar-refractivity contribution in [2.75, 3.05) is 5.73 Å². The van der Waals surface area contributed by atoms with Gasteiger partial charge in [-0.3, -0.25) is 4.98 Å². The van der Waals surface area contributed by atoms with Crippen molar-refractivity contribution in [3.05, 3.63) is 53.9 Å². The summed E-state index contributed by atoms with van der Waals surface area (Å²) in [5.41, 5.74) is 7.73. The Morgan fingerprint density at radius 3 is 2.88 bits per heavy atom. The van der Waals surface area contributed by atoms with Crippen molar-refractivity contribution >= 4 is 5.69 Å². The number of anilines is 1. The van der Waals surface area contributed by atoms with E-state index in [0.717, 1.165) is 5.56 Å². The van der Waals surface area contributed by atoms with Crippen LogP contribution in [0.1, 0.15) is 11.1 Å². The van der Waals surface area contributed by atoms with Crippen LogP contribution >= 0.6 is 0 Å². The van der Waals surface area contributed by atoms with E-state index in [1.54, 1.807) is 30.6 Å². The number of ether oxygens (including phenoxy) is 1. The zero-order valence-corrected chi connectivity index (χ0v) is 9.13. The van der Waals surface area contributed by atoms with Crippen molar-refractivity contribution in [1.82, 2.24) is 4.98 Å². The van der Waals surface area contributed by atoms with Crippen LogP contribution < -0.4 is 10.5 Å². The van der Waals surface area contributed by atoms with Gasteiger partial charge in [-0.1, -0.05) is 6.07 Å². The number of aromatic nitrogens is 1. The highest BCUT2D eigenvalue weighted by Crippen LogP contribution is 2.23. The fourth-order valence-corrected chi connectivity index (χ4v) is 1.39. The number of rotatable bonds is 3. The Bertz CT molecular complexity index is 546. The molecule has 0 aliphatic carbocycles. The zero-order chi connectivity index (χ0) is 12.1. The summed E-state index contributed by atoms with van der Waals surface area (Å²) in [7, 11) is 0. The number of nitrogens with zero attached hydrogens (tertiary/aromatic N) is 2. The topological polar surface area (TPSA) is 71.9 Å². The van der Waals surface area contributed by atoms with E-state index in [9.17, 15) is 0 Å². The van der Waals surface area contributed by atoms with E-state index in [4.69, 9.17) is 15.7 Å². The number of hydrogen-bond donors (Lipinski definition) is 1. The lowest BCUT2D eigenvalue weighted by Crippen LogP contribution is -1.99. The normalized spacial score (nSPS) is 9.59. The quantitative estimate of drug-likeness (QED) is 0.812. The molecule has 0 saturated heterocycles. The molecule has 0 bridgehead atoms. The summed E-state index contributed by atoms with van der Waals surface area (Å²) in [5.74, 6) is 0.577. The third-order valence-corrected chi connectivity index (χ3v) is 2.26. The van der Waals surface area contributed by atoms with E-state index >= 15 is 0 Å². The Morgan fingerprint density at radius 2 is 2.24 bits per heavy atom. The standard InChI is InChI=1S/C13H11N3O/c14-7-10-3-4-13(12(15)6-10)17-9-11-2-1-5-16-8-11/h1-6,8H,9,15H2. The Morgan fingerprint density at radius 1 is 1.35 bits per heavy atom. The first-order valence-electron chi connectivity index (χ1n) is 5.11. The fraction of sp³-hybridized carbons (Fsp3) is 0.0769. The first-order valence-corrected chi connectivity index (χ1v) is 5.11. The lowest BCUT2D eigenvalue weighted by molar-refractivity contribution is 0.307. The molecule has 0 amide bonds. The van der Waals surface area contributed by atoms with E-state index in [1.807, 2.05) is 18.2 Å². The largest absolute Gasteiger partial charge is 0.487 e. The first kappa shape index (κ1) is 11.0. The minimum absolute atomic E-state index is 0.407. The monoisotopic (exact) mass is 225 g/mol. The minimum Gasteiger partial charge on any atom is -0.487 e. The Hall–Kier alpha value is -2.54. The molecule has 17 heavy (non-hydrogen) atoms. The summed E-state index contributed by atoms with van der Waals surface area (Å²) >= 11 is 0. The van der Waals surface area contributed by atoms with Crippen molar-refractivity contribution in [3.8, 4) is 11.8 Å². The van der Waals surface area contributed by atoms with E-state index in [1.165, 1.54) is 0 Å². The molecule has 0 spiro atoms. The summed E-state index contributed by atoms with van der Waals surface area (Å²) in [6, 6.07) is 10.8. The second-order valence-electron chi connectivity index (χ2n) is 3.51. The van der Waals surface area contributed by atoms with Crippen LogP contribution in [0, 0.1) is 11.3 Å². The smallest absolute Gasteiger partial charge is 0.142 e. The summed E-state index contributed by atoms with van der Waals surface area (Å²) in [5, 5.41) is 8.71. The zero-order valence-electron chi connectivity index (χ0n) is 9.13. The van der Waals surface area contributed by atoms with Gasteiger partial charge in [0.15, 0.2) is 0 Å². The van der Waals surface area contributed by atoms with Crippen LogP contribution in [0.15, 0.2) is 42.7 Å². The van der Waals surface area contributed by atoms with Crippen LogP contribution in [-0.2, 0) is 6.61 Å². The molecule has 0 fully saturated rings. The summed E-state index contributed by atoms with van der Waals surface area (Å²) < 4.78 is 5.55. The van der Waals surface area contributed by atoms with Gasteiger partial charge in [-0.15, -0.1) is 0 Å². The number of nitrogens with two attached hydrogens (primary N) is 1. The van der Waals surface area contributed by atoms with Gasteiger partial charge >= 0.3 is 0 Å². The number of nitrogen functional groups attached to an aromatic ring is 1. The van der Waals surface area contributed by atoms with E-state index < -0.39 is 0 Å². The number of benzene rings is 1. The molecule has 4 nitrogen and oxygen atoms in total. The van der Waals surface area contributed by atoms with Gasteiger partial charge in [0.2, 0.25) is 0 Å². The lowest BCUT2D eigenvalue weighted by Gasteiger charge is -2.08. The van der Waals surface area contributed by atoms with Gasteiger partial charge in [0.05, 0.1) is 17.3 Å². The lowest BCUT2D eigenvalue weighted by atomic mass is 10.2. The molecule has 0 radical (unpaired) electrons. The van der Waals surface area contributed by atoms with Crippen molar-refractivity contribution in [2.24, 2.45) is 0 Å². The third kappa shape index (κ3) is 2.73. The average molecular weight is 225 g/mol. The molecule has 2 aromatic rings. The molecule has 2 N–H and O–H groups in total. The summed E-state index contributed by atoms with van der Waals surface area (Å²) in [6.45, 7) is 0.407. The third-order valence-electron chi connectivity index (χ3n) is 2.26. The van der Waals surface area contributed by atoms with Gasteiger partial charge < -0.3 is 10.5 Å². The molecule has 0 aliphatic heterocycles. The molecule has 84 valence electrons. The first-order chi connectivity index (χ1) is 8.29. The molecule has 0 atom stereocenters. The number of pyridine rings is 1. The number of nitriles is 1. The van der Waals surface area contributed by atoms with Crippen molar-refractivity contribution in [3.63, 3.8) is 0 Å². The average Bonchev–Trinajstić information content (AvgIpc) is 2.38. The Kier molecular flexibility index (Phi) is 3.22. The molecule has 2 rings (SSSR count). The van der Waals surface area contributed by atoms with E-state index in [-0.39, 0.29) is 0 Å². The highest BCUT2D eigenvalue weighted by Gasteiger charge is 2.02. The number of hydrogen-bond acceptors (Lipinski definition) is 4. The predicted molar refractivity (Wildman–Crippen MR) is 64.1 cm³/mol. The molecule has 0 saturated carbocycles. The molecular formula is C13H11N3O. The highest BCUT2D eigenvalue weighted by molar-refractivity contribution is 5.56. The van der Waals surface area contributed by atoms with Gasteiger partial charge in [-0.25, -0.2) is 0 Å². The van der Waals surface area contributed by atoms with Crippen LogP contribution in [0.2, 0.25) is 0 Å². The molecule has 1 aromatic carbocycles. The van der Waals surface area contributed by atoms with Crippen LogP contribution in [0.25, 0.3) is 0 Å². The highest BCUT2D eigenvalue weighted by atomic mass is 16.5. The second kappa shape index (κ2) is 4.99. The molecule has 1 heterocycles. The maximum atomic E-state index is 8.71. The van der Waals surface area contributed by atoms with Crippen molar-refractivity contribution in [2.45, 2.75) is 6.61 Å². The van der Waals surface area contributed by atoms with Gasteiger partial charge in [-0.05, 0) is 24.3 Å². The molecular weight excluding hydrogens is 214 g/mol. The second-order valence-corrected chi connectivity index (χ2v) is 3.51. The van der Waals surface area contributed by atoms with Crippen molar-refractivity contribution in [1.29, 1.82) is 5.26 Å². The van der Waals surface area contributed by atoms with Crippen LogP contribution in [0.3, 0.4) is 0 Å². The van der Waals surface area contributed by atoms with Gasteiger partial charge in [0.1, 0.15) is 12.4 Å². The van der Waals surface area contributed by atoms with Gasteiger partial charge in [0, 0.05) is 18.0 Å². The maximum absolute atomic E-state index is 8.71. The molecule has 0 unspecified atom stereocenters. The maximum Gasteiger partial charge on any atom is 0.142 e. The minimum atomic E-state index is 0.407. The molecule has 1 aromatic heterocycles. The summed E-state index contributed by atoms with van der Waals surface area (Å²) in [4.78, 5) is 3.99. The summed E-state index contributed by atoms with van der Waals surface area (Å²) in [6.07, 6.45) is 3.44. The Labute approximate surface area is 99.3 Å². The molecule has 0 aliphatic rings. The predicted octanol–water partition coefficient (Wildman–Crippen LogP) is 2.11. The molecule has 4 heteroatoms. The van der Waals surface area contributed by atoms with Crippen LogP contribution in [-0.4, -0.2) is 4.98 Å². The fourth-order valence-electron chi connectivity index (χ4n) is 1.39. The van der Waals surface area contributed by atoms with E-state index in [0.29, 0.717) is 23.6 Å². The van der Waals surface area contributed by atoms with E-state index in [2.05, 4.69) is 4.98 Å². The van der Waals surface area contributed by atoms with Crippen molar-refractivity contribution < 1.29 is 4.74 Å². The van der Waals surface area contributed by atoms with Gasteiger partial charge in [-0.2, -0.15) is 5.26 Å². The van der Waals surface area contributed by atoms with Crippen LogP contribution in [0.5, 0.6) is 5.75 Å². The van der Waals surface area contributed by atoms with Crippen LogP contribution in [0.4, 0.5) is 5.69 Å². The Balaban J connectivity index is 2.08. The van der Waals surface area contributed by atoms with Gasteiger partial charge in [0.25, 0.3) is 0 Å². The SMILES string of the molecule is N#Cc1ccc(OCc2cccnc2)c(N)c1.